The first-order chi connectivity index (χ1) is 10.5. The van der Waals surface area contributed by atoms with E-state index in [1.165, 1.54) is 0 Å². The number of hydrogen-bond donors (Lipinski definition) is 0. The molecule has 4 heteroatoms. The van der Waals surface area contributed by atoms with E-state index in [4.69, 9.17) is 0 Å². The number of aryl methyl sites for hydroxylation is 1. The van der Waals surface area contributed by atoms with E-state index in [0.29, 0.717) is 18.3 Å². The van der Waals surface area contributed by atoms with Crippen molar-refractivity contribution in [2.45, 2.75) is 79.2 Å². The molecule has 0 saturated carbocycles. The lowest BCUT2D eigenvalue weighted by Crippen LogP contribution is -2.40. The summed E-state index contributed by atoms with van der Waals surface area (Å²) in [5, 5.41) is 0. The molecule has 1 unspecified atom stereocenters. The highest BCUT2D eigenvalue weighted by molar-refractivity contribution is 5.92. The monoisotopic (exact) mass is 305 g/mol. The summed E-state index contributed by atoms with van der Waals surface area (Å²) in [6.07, 6.45) is 9.24. The zero-order valence-electron chi connectivity index (χ0n) is 14.8. The van der Waals surface area contributed by atoms with E-state index < -0.39 is 0 Å². The van der Waals surface area contributed by atoms with Crippen molar-refractivity contribution in [3.63, 3.8) is 0 Å². The summed E-state index contributed by atoms with van der Waals surface area (Å²) in [5.41, 5.74) is 1.13. The normalized spacial score (nSPS) is 12.5. The Morgan fingerprint density at radius 1 is 1.09 bits per heavy atom. The van der Waals surface area contributed by atoms with Crippen molar-refractivity contribution < 1.29 is 4.79 Å². The molecule has 1 amide bonds. The van der Waals surface area contributed by atoms with Gasteiger partial charge in [-0.2, -0.15) is 0 Å². The predicted octanol–water partition coefficient (Wildman–Crippen LogP) is 4.39. The summed E-state index contributed by atoms with van der Waals surface area (Å²) in [7, 11) is 0. The van der Waals surface area contributed by atoms with E-state index in [1.807, 2.05) is 12.4 Å². The van der Waals surface area contributed by atoms with Crippen molar-refractivity contribution in [1.82, 2.24) is 9.97 Å². The number of amides is 1. The highest BCUT2D eigenvalue weighted by Gasteiger charge is 2.23. The Morgan fingerprint density at radius 3 is 2.23 bits per heavy atom. The van der Waals surface area contributed by atoms with E-state index in [1.54, 1.807) is 4.90 Å². The molecule has 0 spiro atoms. The molecule has 0 fully saturated rings. The van der Waals surface area contributed by atoms with E-state index in [2.05, 4.69) is 44.6 Å². The first kappa shape index (κ1) is 18.6. The van der Waals surface area contributed by atoms with Crippen LogP contribution in [0.5, 0.6) is 0 Å². The smallest absolute Gasteiger partial charge is 0.232 e. The van der Waals surface area contributed by atoms with Crippen molar-refractivity contribution in [2.75, 3.05) is 4.90 Å². The van der Waals surface area contributed by atoms with Crippen LogP contribution in [0.3, 0.4) is 0 Å². The van der Waals surface area contributed by atoms with Gasteiger partial charge in [-0.15, -0.1) is 0 Å². The van der Waals surface area contributed by atoms with Crippen molar-refractivity contribution in [2.24, 2.45) is 5.92 Å². The van der Waals surface area contributed by atoms with Gasteiger partial charge in [0.15, 0.2) is 0 Å². The summed E-state index contributed by atoms with van der Waals surface area (Å²) in [6, 6.07) is 0.140. The van der Waals surface area contributed by atoms with Gasteiger partial charge in [-0.1, -0.05) is 40.5 Å². The van der Waals surface area contributed by atoms with Gasteiger partial charge < -0.3 is 0 Å². The molecule has 0 bridgehead atoms. The molecule has 0 aliphatic carbocycles. The van der Waals surface area contributed by atoms with Crippen LogP contribution >= 0.6 is 0 Å². The first-order valence-corrected chi connectivity index (χ1v) is 8.62. The highest BCUT2D eigenvalue weighted by Crippen LogP contribution is 2.18. The molecule has 0 saturated heterocycles. The maximum atomic E-state index is 12.6. The molecule has 1 aromatic heterocycles. The van der Waals surface area contributed by atoms with Gasteiger partial charge in [-0.05, 0) is 37.7 Å². The number of aromatic nitrogens is 2. The van der Waals surface area contributed by atoms with Crippen LogP contribution in [0.4, 0.5) is 5.95 Å². The van der Waals surface area contributed by atoms with Crippen molar-refractivity contribution in [1.29, 1.82) is 0 Å². The second-order valence-corrected chi connectivity index (χ2v) is 6.48. The van der Waals surface area contributed by atoms with Crippen molar-refractivity contribution in [3.05, 3.63) is 18.0 Å². The molecule has 1 rings (SSSR count). The number of carbonyl (C=O) groups excluding carboxylic acids is 1. The SMILES string of the molecule is CCCc1cnc(N(C(=O)CCC(C)C)C(C)CCC)nc1. The fourth-order valence-electron chi connectivity index (χ4n) is 2.52. The van der Waals surface area contributed by atoms with Crippen LogP contribution in [0.2, 0.25) is 0 Å². The topological polar surface area (TPSA) is 46.1 Å². The van der Waals surface area contributed by atoms with Gasteiger partial charge in [0.25, 0.3) is 0 Å². The van der Waals surface area contributed by atoms with Crippen molar-refractivity contribution in [3.8, 4) is 0 Å². The largest absolute Gasteiger partial charge is 0.278 e. The first-order valence-electron chi connectivity index (χ1n) is 8.62. The van der Waals surface area contributed by atoms with Gasteiger partial charge in [0.1, 0.15) is 0 Å². The lowest BCUT2D eigenvalue weighted by Gasteiger charge is -2.27. The van der Waals surface area contributed by atoms with Crippen LogP contribution in [0.25, 0.3) is 0 Å². The van der Waals surface area contributed by atoms with Gasteiger partial charge in [-0.25, -0.2) is 9.97 Å². The molecule has 0 aliphatic heterocycles. The number of hydrogen-bond acceptors (Lipinski definition) is 3. The van der Waals surface area contributed by atoms with Crippen molar-refractivity contribution >= 4 is 11.9 Å². The second-order valence-electron chi connectivity index (χ2n) is 6.48. The fourth-order valence-corrected chi connectivity index (χ4v) is 2.52. The van der Waals surface area contributed by atoms with Crippen LogP contribution in [0, 0.1) is 5.92 Å². The number of carbonyl (C=O) groups is 1. The van der Waals surface area contributed by atoms with Crippen LogP contribution in [-0.2, 0) is 11.2 Å². The van der Waals surface area contributed by atoms with Gasteiger partial charge in [0.2, 0.25) is 11.9 Å². The minimum atomic E-state index is 0.137. The molecular weight excluding hydrogens is 274 g/mol. The Kier molecular flexibility index (Phi) is 8.07. The minimum absolute atomic E-state index is 0.137. The molecule has 1 aromatic rings. The summed E-state index contributed by atoms with van der Waals surface area (Å²) in [4.78, 5) is 23.3. The van der Waals surface area contributed by atoms with Gasteiger partial charge in [-0.3, -0.25) is 9.69 Å². The number of anilines is 1. The molecule has 0 N–H and O–H groups in total. The molecule has 0 radical (unpaired) electrons. The molecule has 22 heavy (non-hydrogen) atoms. The Bertz CT molecular complexity index is 442. The zero-order chi connectivity index (χ0) is 16.5. The van der Waals surface area contributed by atoms with Gasteiger partial charge in [0.05, 0.1) is 0 Å². The lowest BCUT2D eigenvalue weighted by molar-refractivity contribution is -0.119. The third-order valence-electron chi connectivity index (χ3n) is 3.80. The summed E-state index contributed by atoms with van der Waals surface area (Å²) in [5.74, 6) is 1.22. The Morgan fingerprint density at radius 2 is 1.73 bits per heavy atom. The third kappa shape index (κ3) is 5.74. The Balaban J connectivity index is 2.91. The van der Waals surface area contributed by atoms with E-state index in [-0.39, 0.29) is 11.9 Å². The van der Waals surface area contributed by atoms with E-state index in [9.17, 15) is 4.79 Å². The quantitative estimate of drug-likeness (QED) is 0.680. The minimum Gasteiger partial charge on any atom is -0.278 e. The van der Waals surface area contributed by atoms with Crippen LogP contribution in [0.15, 0.2) is 12.4 Å². The highest BCUT2D eigenvalue weighted by atomic mass is 16.2. The number of rotatable bonds is 9. The molecule has 1 heterocycles. The fraction of sp³-hybridized carbons (Fsp3) is 0.722. The average Bonchev–Trinajstić information content (AvgIpc) is 2.48. The molecule has 1 atom stereocenters. The summed E-state index contributed by atoms with van der Waals surface area (Å²) in [6.45, 7) is 10.6. The molecule has 0 aliphatic rings. The van der Waals surface area contributed by atoms with Crippen LogP contribution in [0.1, 0.15) is 72.3 Å². The zero-order valence-corrected chi connectivity index (χ0v) is 14.8. The summed E-state index contributed by atoms with van der Waals surface area (Å²) < 4.78 is 0. The van der Waals surface area contributed by atoms with Crippen LogP contribution < -0.4 is 4.90 Å². The van der Waals surface area contributed by atoms with Gasteiger partial charge >= 0.3 is 0 Å². The predicted molar refractivity (Wildman–Crippen MR) is 92.0 cm³/mol. The standard InChI is InChI=1S/C18H31N3O/c1-6-8-15(5)21(17(22)11-10-14(3)4)18-19-12-16(9-7-2)13-20-18/h12-15H,6-11H2,1-5H3. The molecule has 0 aromatic carbocycles. The molecule has 124 valence electrons. The molecular formula is C18H31N3O. The number of nitrogens with zero attached hydrogens (tertiary/aromatic N) is 3. The lowest BCUT2D eigenvalue weighted by atomic mass is 10.1. The third-order valence-corrected chi connectivity index (χ3v) is 3.80. The van der Waals surface area contributed by atoms with E-state index >= 15 is 0 Å². The summed E-state index contributed by atoms with van der Waals surface area (Å²) >= 11 is 0. The Labute approximate surface area is 135 Å². The maximum Gasteiger partial charge on any atom is 0.232 e. The second kappa shape index (κ2) is 9.54. The van der Waals surface area contributed by atoms with E-state index in [0.717, 1.165) is 37.7 Å². The van der Waals surface area contributed by atoms with Gasteiger partial charge in [0, 0.05) is 24.9 Å². The van der Waals surface area contributed by atoms with Crippen LogP contribution in [-0.4, -0.2) is 21.9 Å². The maximum absolute atomic E-state index is 12.6. The average molecular weight is 305 g/mol. The Hall–Kier alpha value is -1.45. The molecule has 4 nitrogen and oxygen atoms in total.